The maximum atomic E-state index is 8.58. The minimum Gasteiger partial charge on any atom is -0.473 e. The normalized spacial score (nSPS) is 6.50. The summed E-state index contributed by atoms with van der Waals surface area (Å²) in [5.74, 6) is 0. The molecule has 0 unspecified atom stereocenters. The van der Waals surface area contributed by atoms with Crippen molar-refractivity contribution in [3.05, 3.63) is 24.7 Å². The zero-order chi connectivity index (χ0) is 6.24. The van der Waals surface area contributed by atoms with Crippen molar-refractivity contribution in [3.63, 3.8) is 0 Å². The molecule has 0 aromatic carbocycles. The first-order valence-electron chi connectivity index (χ1n) is 2.04. The molecule has 0 saturated heterocycles. The Labute approximate surface area is 47.1 Å². The van der Waals surface area contributed by atoms with Gasteiger partial charge >= 0.3 is 0 Å². The fraction of sp³-hybridized carbons (Fsp3) is 0. The second-order valence-corrected chi connectivity index (χ2v) is 0.929. The number of carbonyl (C=O) groups excluding carboxylic acids is 1. The lowest BCUT2D eigenvalue weighted by molar-refractivity contribution is -0.106. The Morgan fingerprint density at radius 2 is 1.75 bits per heavy atom. The van der Waals surface area contributed by atoms with Crippen molar-refractivity contribution in [1.82, 2.24) is 0 Å². The highest BCUT2D eigenvalue weighted by molar-refractivity contribution is 5.42. The summed E-state index contributed by atoms with van der Waals surface area (Å²) in [6.07, 6.45) is 3.50. The molecule has 0 aliphatic heterocycles. The third kappa shape index (κ3) is 4.75. The first-order chi connectivity index (χ1) is 3.91. The smallest absolute Gasteiger partial charge is 0.204 e. The van der Waals surface area contributed by atoms with Crippen molar-refractivity contribution in [2.45, 2.75) is 0 Å². The zero-order valence-electron chi connectivity index (χ0n) is 4.28. The lowest BCUT2D eigenvalue weighted by Crippen LogP contribution is -1.82. The lowest BCUT2D eigenvalue weighted by atomic mass is 10.7. The quantitative estimate of drug-likeness (QED) is 0.494. The fourth-order valence-electron chi connectivity index (χ4n) is 0.227. The number of hydrogen-bond donors (Lipinski definition) is 1. The molecule has 1 amide bonds. The maximum Gasteiger partial charge on any atom is 0.204 e. The molecule has 2 N–H and O–H groups in total. The summed E-state index contributed by atoms with van der Waals surface area (Å²) in [6.45, 7) is 0. The summed E-state index contributed by atoms with van der Waals surface area (Å²) in [6, 6.07) is 3.67. The Morgan fingerprint density at radius 1 is 1.38 bits per heavy atom. The van der Waals surface area contributed by atoms with Gasteiger partial charge < -0.3 is 10.2 Å². The van der Waals surface area contributed by atoms with Crippen molar-refractivity contribution in [2.24, 2.45) is 5.73 Å². The van der Waals surface area contributed by atoms with Gasteiger partial charge in [-0.2, -0.15) is 0 Å². The molecule has 44 valence electrons. The van der Waals surface area contributed by atoms with Crippen LogP contribution in [-0.2, 0) is 4.79 Å². The molecular weight excluding hydrogens is 106 g/mol. The summed E-state index contributed by atoms with van der Waals surface area (Å²) in [7, 11) is 0. The largest absolute Gasteiger partial charge is 0.473 e. The van der Waals surface area contributed by atoms with E-state index in [1.54, 1.807) is 12.5 Å². The van der Waals surface area contributed by atoms with Crippen molar-refractivity contribution < 1.29 is 9.21 Å². The summed E-state index contributed by atoms with van der Waals surface area (Å²) >= 11 is 0. The van der Waals surface area contributed by atoms with Crippen LogP contribution in [0, 0.1) is 0 Å². The van der Waals surface area contributed by atoms with E-state index in [1.165, 1.54) is 0 Å². The van der Waals surface area contributed by atoms with Crippen molar-refractivity contribution in [1.29, 1.82) is 0 Å². The van der Waals surface area contributed by atoms with E-state index < -0.39 is 0 Å². The molecule has 0 saturated carbocycles. The highest BCUT2D eigenvalue weighted by Crippen LogP contribution is 1.79. The SMILES string of the molecule is NC=O.c1ccoc1. The molecule has 8 heavy (non-hydrogen) atoms. The molecule has 1 heterocycles. The first kappa shape index (κ1) is 6.75. The van der Waals surface area contributed by atoms with Crippen LogP contribution in [0.4, 0.5) is 0 Å². The second-order valence-electron chi connectivity index (χ2n) is 0.929. The monoisotopic (exact) mass is 113 g/mol. The fourth-order valence-corrected chi connectivity index (χ4v) is 0.227. The average molecular weight is 113 g/mol. The lowest BCUT2D eigenvalue weighted by Gasteiger charge is -1.50. The van der Waals surface area contributed by atoms with Gasteiger partial charge in [0.2, 0.25) is 6.41 Å². The number of rotatable bonds is 0. The predicted molar refractivity (Wildman–Crippen MR) is 29.0 cm³/mol. The van der Waals surface area contributed by atoms with Crippen molar-refractivity contribution in [2.75, 3.05) is 0 Å². The second kappa shape index (κ2) is 5.75. The molecule has 0 aliphatic rings. The zero-order valence-corrected chi connectivity index (χ0v) is 4.28. The van der Waals surface area contributed by atoms with Crippen LogP contribution in [0.15, 0.2) is 29.1 Å². The molecule has 0 radical (unpaired) electrons. The highest BCUT2D eigenvalue weighted by Gasteiger charge is 1.58. The molecular formula is C5H7NO2. The van der Waals surface area contributed by atoms with Gasteiger partial charge in [-0.1, -0.05) is 0 Å². The van der Waals surface area contributed by atoms with E-state index in [0.29, 0.717) is 0 Å². The van der Waals surface area contributed by atoms with E-state index >= 15 is 0 Å². The standard InChI is InChI=1S/C4H4O.CH3NO/c1-2-4-5-3-1;2-1-3/h1-4H;1H,(H2,2,3). The molecule has 3 heteroatoms. The molecule has 1 aromatic heterocycles. The minimum absolute atomic E-state index is 0.250. The summed E-state index contributed by atoms with van der Waals surface area (Å²) < 4.78 is 4.58. The number of primary amides is 1. The number of furan rings is 1. The van der Waals surface area contributed by atoms with E-state index in [-0.39, 0.29) is 6.41 Å². The number of carbonyl (C=O) groups is 1. The predicted octanol–water partition coefficient (Wildman–Crippen LogP) is 0.381. The molecule has 0 aliphatic carbocycles. The van der Waals surface area contributed by atoms with Crippen LogP contribution in [0.2, 0.25) is 0 Å². The Bertz CT molecular complexity index is 96.8. The molecule has 3 nitrogen and oxygen atoms in total. The van der Waals surface area contributed by atoms with Crippen LogP contribution < -0.4 is 5.73 Å². The van der Waals surface area contributed by atoms with E-state index in [4.69, 9.17) is 4.79 Å². The Hall–Kier alpha value is -1.25. The van der Waals surface area contributed by atoms with Gasteiger partial charge in [0, 0.05) is 0 Å². The number of amides is 1. The van der Waals surface area contributed by atoms with Gasteiger partial charge in [-0.15, -0.1) is 0 Å². The van der Waals surface area contributed by atoms with Crippen LogP contribution in [0.3, 0.4) is 0 Å². The van der Waals surface area contributed by atoms with E-state index in [2.05, 4.69) is 10.2 Å². The van der Waals surface area contributed by atoms with Crippen LogP contribution >= 0.6 is 0 Å². The van der Waals surface area contributed by atoms with Gasteiger partial charge in [0.1, 0.15) is 0 Å². The van der Waals surface area contributed by atoms with Crippen LogP contribution in [0.1, 0.15) is 0 Å². The van der Waals surface area contributed by atoms with Gasteiger partial charge in [-0.3, -0.25) is 4.79 Å². The van der Waals surface area contributed by atoms with Gasteiger partial charge in [0.05, 0.1) is 12.5 Å². The first-order valence-corrected chi connectivity index (χ1v) is 2.04. The Balaban J connectivity index is 0.000000145. The van der Waals surface area contributed by atoms with Crippen molar-refractivity contribution >= 4 is 6.41 Å². The highest BCUT2D eigenvalue weighted by atomic mass is 16.3. The topological polar surface area (TPSA) is 56.2 Å². The number of hydrogen-bond acceptors (Lipinski definition) is 2. The summed E-state index contributed by atoms with van der Waals surface area (Å²) in [5.41, 5.74) is 4.17. The Kier molecular flexibility index (Phi) is 4.85. The van der Waals surface area contributed by atoms with Gasteiger partial charge in [0.25, 0.3) is 0 Å². The van der Waals surface area contributed by atoms with E-state index in [0.717, 1.165) is 0 Å². The number of nitrogens with two attached hydrogens (primary N) is 1. The Morgan fingerprint density at radius 3 is 1.88 bits per heavy atom. The molecule has 0 fully saturated rings. The van der Waals surface area contributed by atoms with Crippen LogP contribution in [0.5, 0.6) is 0 Å². The van der Waals surface area contributed by atoms with Crippen molar-refractivity contribution in [3.8, 4) is 0 Å². The third-order valence-corrected chi connectivity index (χ3v) is 0.425. The molecule has 0 atom stereocenters. The molecule has 0 spiro atoms. The van der Waals surface area contributed by atoms with E-state index in [9.17, 15) is 0 Å². The maximum absolute atomic E-state index is 8.58. The molecule has 1 aromatic rings. The van der Waals surface area contributed by atoms with Gasteiger partial charge in [-0.05, 0) is 12.1 Å². The molecule has 0 bridgehead atoms. The van der Waals surface area contributed by atoms with Crippen LogP contribution in [0.25, 0.3) is 0 Å². The van der Waals surface area contributed by atoms with Gasteiger partial charge in [0.15, 0.2) is 0 Å². The molecule has 1 rings (SSSR count). The third-order valence-electron chi connectivity index (χ3n) is 0.425. The minimum atomic E-state index is 0.250. The van der Waals surface area contributed by atoms with Gasteiger partial charge in [-0.25, -0.2) is 0 Å². The van der Waals surface area contributed by atoms with Crippen LogP contribution in [-0.4, -0.2) is 6.41 Å². The summed E-state index contributed by atoms with van der Waals surface area (Å²) in [5, 5.41) is 0. The summed E-state index contributed by atoms with van der Waals surface area (Å²) in [4.78, 5) is 8.58. The average Bonchev–Trinajstić information content (AvgIpc) is 2.17. The van der Waals surface area contributed by atoms with E-state index in [1.807, 2.05) is 12.1 Å².